The molecule has 5 atom stereocenters. The fourth-order valence-electron chi connectivity index (χ4n) is 8.26. The van der Waals surface area contributed by atoms with Crippen molar-refractivity contribution < 1.29 is 18.8 Å². The monoisotopic (exact) mass is 538 g/mol. The van der Waals surface area contributed by atoms with Crippen LogP contribution in [-0.4, -0.2) is 42.3 Å². The summed E-state index contributed by atoms with van der Waals surface area (Å²) in [4.78, 5) is 14.7. The van der Waals surface area contributed by atoms with Crippen molar-refractivity contribution in [3.63, 3.8) is 0 Å². The second kappa shape index (κ2) is 10.5. The molecule has 0 radical (unpaired) electrons. The molecule has 1 amide bonds. The molecule has 0 N–H and O–H groups in total. The van der Waals surface area contributed by atoms with Crippen LogP contribution >= 0.6 is 0 Å². The molecule has 1 aliphatic heterocycles. The summed E-state index contributed by atoms with van der Waals surface area (Å²) >= 11 is 0. The first-order valence-electron chi connectivity index (χ1n) is 14.9. The van der Waals surface area contributed by atoms with Crippen molar-refractivity contribution in [1.82, 2.24) is 10.1 Å². The molecule has 1 saturated carbocycles. The summed E-state index contributed by atoms with van der Waals surface area (Å²) in [6, 6.07) is 17.1. The van der Waals surface area contributed by atoms with Gasteiger partial charge in [0, 0.05) is 24.1 Å². The molecule has 0 unspecified atom stereocenters. The van der Waals surface area contributed by atoms with Gasteiger partial charge in [-0.15, -0.1) is 0 Å². The predicted molar refractivity (Wildman–Crippen MR) is 152 cm³/mol. The van der Waals surface area contributed by atoms with Crippen LogP contribution < -0.4 is 4.74 Å². The smallest absolute Gasteiger partial charge is 0.246 e. The third-order valence-corrected chi connectivity index (χ3v) is 10.1. The zero-order valence-electron chi connectivity index (χ0n) is 23.3. The Morgan fingerprint density at radius 1 is 1.12 bits per heavy atom. The molecule has 2 fully saturated rings. The first-order chi connectivity index (χ1) is 19.6. The number of nitrogens with zero attached hydrogens (tertiary/aromatic N) is 2. The van der Waals surface area contributed by atoms with Crippen molar-refractivity contribution in [2.75, 3.05) is 26.3 Å². The van der Waals surface area contributed by atoms with Gasteiger partial charge < -0.3 is 18.9 Å². The average Bonchev–Trinajstić information content (AvgIpc) is 3.58. The number of amides is 1. The molecule has 208 valence electrons. The van der Waals surface area contributed by atoms with Crippen molar-refractivity contribution in [3.05, 3.63) is 94.9 Å². The topological polar surface area (TPSA) is 64.8 Å². The summed E-state index contributed by atoms with van der Waals surface area (Å²) in [7, 11) is 0. The Balaban J connectivity index is 1.10. The van der Waals surface area contributed by atoms with Gasteiger partial charge in [0.2, 0.25) is 5.91 Å². The lowest BCUT2D eigenvalue weighted by molar-refractivity contribution is -0.130. The minimum Gasteiger partial charge on any atom is -0.489 e. The van der Waals surface area contributed by atoms with Crippen LogP contribution in [0.3, 0.4) is 0 Å². The van der Waals surface area contributed by atoms with Crippen LogP contribution in [0.15, 0.2) is 71.4 Å². The number of morpholine rings is 1. The minimum atomic E-state index is -0.00401. The summed E-state index contributed by atoms with van der Waals surface area (Å²) in [5, 5.41) is 4.23. The van der Waals surface area contributed by atoms with E-state index in [1.54, 1.807) is 6.08 Å². The molecule has 6 heteroatoms. The minimum absolute atomic E-state index is 0.00401. The molecule has 2 heterocycles. The van der Waals surface area contributed by atoms with Gasteiger partial charge in [0.25, 0.3) is 0 Å². The van der Waals surface area contributed by atoms with Crippen LogP contribution in [0.1, 0.15) is 72.5 Å². The summed E-state index contributed by atoms with van der Waals surface area (Å²) in [6.07, 6.45) is 11.2. The van der Waals surface area contributed by atoms with E-state index in [0.717, 1.165) is 37.2 Å². The molecular formula is C34H38N2O4. The van der Waals surface area contributed by atoms with E-state index in [-0.39, 0.29) is 11.3 Å². The number of aromatic nitrogens is 1. The highest BCUT2D eigenvalue weighted by Gasteiger charge is 2.59. The van der Waals surface area contributed by atoms with Gasteiger partial charge in [-0.2, -0.15) is 0 Å². The summed E-state index contributed by atoms with van der Waals surface area (Å²) in [5.41, 5.74) is 5.39. The number of benzene rings is 2. The Morgan fingerprint density at radius 2 is 1.98 bits per heavy atom. The van der Waals surface area contributed by atoms with E-state index in [4.69, 9.17) is 14.0 Å². The Labute approximate surface area is 236 Å². The van der Waals surface area contributed by atoms with Crippen LogP contribution in [0.25, 0.3) is 0 Å². The highest BCUT2D eigenvalue weighted by molar-refractivity contribution is 5.87. The number of carbonyl (C=O) groups excluding carboxylic acids is 1. The van der Waals surface area contributed by atoms with E-state index >= 15 is 0 Å². The molecular weight excluding hydrogens is 500 g/mol. The van der Waals surface area contributed by atoms with E-state index in [2.05, 4.69) is 60.6 Å². The zero-order valence-corrected chi connectivity index (χ0v) is 23.3. The number of allylic oxidation sites excluding steroid dienone is 1. The normalized spacial score (nSPS) is 29.0. The van der Waals surface area contributed by atoms with Gasteiger partial charge in [-0.05, 0) is 90.7 Å². The molecule has 0 spiro atoms. The van der Waals surface area contributed by atoms with Gasteiger partial charge in [0.1, 0.15) is 18.1 Å². The molecule has 4 aliphatic rings. The quantitative estimate of drug-likeness (QED) is 0.351. The Morgan fingerprint density at radius 3 is 2.83 bits per heavy atom. The van der Waals surface area contributed by atoms with E-state index in [1.807, 2.05) is 17.2 Å². The Bertz CT molecular complexity index is 1390. The summed E-state index contributed by atoms with van der Waals surface area (Å²) < 4.78 is 17.5. The fourth-order valence-corrected chi connectivity index (χ4v) is 8.26. The summed E-state index contributed by atoms with van der Waals surface area (Å²) in [5.74, 6) is 4.07. The second-order valence-electron chi connectivity index (χ2n) is 12.2. The summed E-state index contributed by atoms with van der Waals surface area (Å²) in [6.45, 7) is 5.58. The zero-order chi connectivity index (χ0) is 27.1. The highest BCUT2D eigenvalue weighted by atomic mass is 16.5. The number of hydrogen-bond donors (Lipinski definition) is 0. The number of carbonyl (C=O) groups is 1. The lowest BCUT2D eigenvalue weighted by Crippen LogP contribution is -2.44. The van der Waals surface area contributed by atoms with Gasteiger partial charge in [0.05, 0.1) is 19.4 Å². The molecule has 3 aliphatic carbocycles. The van der Waals surface area contributed by atoms with E-state index in [0.29, 0.717) is 56.6 Å². The first-order valence-corrected chi connectivity index (χ1v) is 14.9. The molecule has 1 saturated heterocycles. The number of rotatable bonds is 6. The third-order valence-electron chi connectivity index (χ3n) is 10.1. The number of ether oxygens (including phenoxy) is 2. The van der Waals surface area contributed by atoms with E-state index in [1.165, 1.54) is 28.7 Å². The Kier molecular flexibility index (Phi) is 6.74. The largest absolute Gasteiger partial charge is 0.489 e. The lowest BCUT2D eigenvalue weighted by Gasteiger charge is -2.50. The molecule has 2 aromatic carbocycles. The molecule has 40 heavy (non-hydrogen) atoms. The molecule has 0 bridgehead atoms. The van der Waals surface area contributed by atoms with Gasteiger partial charge in [0.15, 0.2) is 0 Å². The fraction of sp³-hybridized carbons (Fsp3) is 0.471. The number of aryl methyl sites for hydroxylation is 1. The SMILES string of the molecule is C[C@]12CC[C@@H]3c4ccc(OCc5ccccc5)cc4CC[C@H]3[C@@H]1[C@H](C/C=C/C(=O)N1CCOCC1)c1cnoc12. The van der Waals surface area contributed by atoms with Gasteiger partial charge in [-0.3, -0.25) is 4.79 Å². The lowest BCUT2D eigenvalue weighted by atomic mass is 9.53. The number of fused-ring (bicyclic) bond motifs is 7. The molecule has 7 rings (SSSR count). The van der Waals surface area contributed by atoms with Crippen molar-refractivity contribution in [1.29, 1.82) is 0 Å². The average molecular weight is 539 g/mol. The Hall–Kier alpha value is -3.38. The highest BCUT2D eigenvalue weighted by Crippen LogP contribution is 2.64. The van der Waals surface area contributed by atoms with Crippen molar-refractivity contribution in [3.8, 4) is 5.75 Å². The van der Waals surface area contributed by atoms with Crippen molar-refractivity contribution in [2.45, 2.75) is 62.9 Å². The number of hydrogen-bond acceptors (Lipinski definition) is 5. The van der Waals surface area contributed by atoms with Crippen LogP contribution in [0.4, 0.5) is 0 Å². The maximum absolute atomic E-state index is 12.8. The van der Waals surface area contributed by atoms with Crippen LogP contribution in [-0.2, 0) is 28.0 Å². The first kappa shape index (κ1) is 25.6. The van der Waals surface area contributed by atoms with Crippen molar-refractivity contribution >= 4 is 5.91 Å². The predicted octanol–water partition coefficient (Wildman–Crippen LogP) is 6.17. The maximum Gasteiger partial charge on any atom is 0.246 e. The van der Waals surface area contributed by atoms with Gasteiger partial charge in [-0.25, -0.2) is 0 Å². The van der Waals surface area contributed by atoms with E-state index in [9.17, 15) is 4.79 Å². The molecule has 3 aromatic rings. The van der Waals surface area contributed by atoms with Crippen molar-refractivity contribution in [2.24, 2.45) is 11.8 Å². The van der Waals surface area contributed by atoms with Crippen LogP contribution in [0.2, 0.25) is 0 Å². The van der Waals surface area contributed by atoms with E-state index < -0.39 is 0 Å². The third kappa shape index (κ3) is 4.46. The second-order valence-corrected chi connectivity index (χ2v) is 12.2. The van der Waals surface area contributed by atoms with Crippen LogP contribution in [0.5, 0.6) is 5.75 Å². The standard InChI is InChI=1S/C34H38N2O4/c1-34-15-14-27-26-13-11-25(39-22-23-6-3-2-4-7-23)20-24(26)10-12-29(27)32(34)28(30-21-35-40-33(30)34)8-5-9-31(37)36-16-18-38-19-17-36/h2-7,9,11,13,20-21,27-29,32H,8,10,12,14-19,22H2,1H3/b9-5+/t27-,28-,29-,32+,34+/m1/s1. The molecule has 6 nitrogen and oxygen atoms in total. The van der Waals surface area contributed by atoms with Gasteiger partial charge >= 0.3 is 0 Å². The molecule has 1 aromatic heterocycles. The van der Waals surface area contributed by atoms with Crippen LogP contribution in [0, 0.1) is 11.8 Å². The van der Waals surface area contributed by atoms with Gasteiger partial charge in [-0.1, -0.05) is 54.6 Å². The maximum atomic E-state index is 12.8.